The molecule has 25 heavy (non-hydrogen) atoms. The number of hydrogen-bond acceptors (Lipinski definition) is 4. The summed E-state index contributed by atoms with van der Waals surface area (Å²) in [5.41, 5.74) is 1.44. The smallest absolute Gasteiger partial charge is 0.363 e. The maximum Gasteiger partial charge on any atom is 0.363 e. The topological polar surface area (TPSA) is 47.9 Å². The number of carbonyl (C=O) groups excluding carboxylic acids is 1. The zero-order valence-corrected chi connectivity index (χ0v) is 15.1. The normalized spacial score (nSPS) is 15.5. The third-order valence-corrected chi connectivity index (χ3v) is 3.90. The Bertz CT molecular complexity index is 888. The molecule has 0 aromatic heterocycles. The predicted octanol–water partition coefficient (Wildman–Crippen LogP) is 5.13. The van der Waals surface area contributed by atoms with Crippen LogP contribution in [0.4, 0.5) is 0 Å². The molecule has 0 N–H and O–H groups in total. The number of carbonyl (C=O) groups is 1. The number of esters is 1. The lowest BCUT2D eigenvalue weighted by atomic mass is 10.1. The monoisotopic (exact) mass is 375 g/mol. The highest BCUT2D eigenvalue weighted by molar-refractivity contribution is 6.37. The Hall–Kier alpha value is -2.30. The van der Waals surface area contributed by atoms with Crippen LogP contribution in [0.25, 0.3) is 6.08 Å². The van der Waals surface area contributed by atoms with Crippen molar-refractivity contribution in [2.24, 2.45) is 4.99 Å². The van der Waals surface area contributed by atoms with E-state index in [0.29, 0.717) is 21.4 Å². The summed E-state index contributed by atoms with van der Waals surface area (Å²) in [5.74, 6) is 0.284. The molecule has 6 heteroatoms. The fraction of sp³-hybridized carbons (Fsp3) is 0.158. The van der Waals surface area contributed by atoms with Crippen molar-refractivity contribution >= 4 is 41.1 Å². The van der Waals surface area contributed by atoms with Gasteiger partial charge in [-0.15, -0.1) is 0 Å². The van der Waals surface area contributed by atoms with Crippen LogP contribution in [0.2, 0.25) is 10.0 Å². The van der Waals surface area contributed by atoms with Crippen LogP contribution in [-0.2, 0) is 9.53 Å². The van der Waals surface area contributed by atoms with E-state index >= 15 is 0 Å². The molecule has 1 heterocycles. The van der Waals surface area contributed by atoms with Crippen LogP contribution >= 0.6 is 23.2 Å². The first-order valence-corrected chi connectivity index (χ1v) is 8.43. The van der Waals surface area contributed by atoms with Crippen LogP contribution in [0, 0.1) is 0 Å². The molecule has 0 radical (unpaired) electrons. The highest BCUT2D eigenvalue weighted by atomic mass is 35.5. The van der Waals surface area contributed by atoms with E-state index in [1.54, 1.807) is 24.3 Å². The van der Waals surface area contributed by atoms with Crippen molar-refractivity contribution < 1.29 is 14.3 Å². The summed E-state index contributed by atoms with van der Waals surface area (Å²) >= 11 is 12.0. The van der Waals surface area contributed by atoms with E-state index in [0.717, 1.165) is 5.56 Å². The maximum absolute atomic E-state index is 12.2. The third kappa shape index (κ3) is 4.03. The van der Waals surface area contributed by atoms with Gasteiger partial charge < -0.3 is 9.47 Å². The van der Waals surface area contributed by atoms with E-state index in [4.69, 9.17) is 32.7 Å². The van der Waals surface area contributed by atoms with Crippen molar-refractivity contribution in [3.8, 4) is 5.75 Å². The summed E-state index contributed by atoms with van der Waals surface area (Å²) in [4.78, 5) is 16.4. The lowest BCUT2D eigenvalue weighted by Gasteiger charge is -2.12. The molecule has 0 bridgehead atoms. The van der Waals surface area contributed by atoms with E-state index < -0.39 is 5.97 Å². The molecule has 0 saturated heterocycles. The minimum atomic E-state index is -0.541. The molecule has 0 saturated carbocycles. The van der Waals surface area contributed by atoms with Crippen molar-refractivity contribution in [2.45, 2.75) is 20.0 Å². The second kappa shape index (κ2) is 7.30. The van der Waals surface area contributed by atoms with Crippen LogP contribution in [0.5, 0.6) is 5.75 Å². The fourth-order valence-electron chi connectivity index (χ4n) is 2.30. The molecular formula is C19H15Cl2NO3. The average molecular weight is 376 g/mol. The zero-order chi connectivity index (χ0) is 18.0. The first kappa shape index (κ1) is 17.5. The Morgan fingerprint density at radius 3 is 2.64 bits per heavy atom. The number of cyclic esters (lactones) is 1. The van der Waals surface area contributed by atoms with Crippen molar-refractivity contribution in [2.75, 3.05) is 0 Å². The average Bonchev–Trinajstić information content (AvgIpc) is 2.89. The van der Waals surface area contributed by atoms with Crippen LogP contribution in [-0.4, -0.2) is 18.0 Å². The van der Waals surface area contributed by atoms with Crippen molar-refractivity contribution in [3.05, 3.63) is 69.3 Å². The van der Waals surface area contributed by atoms with Gasteiger partial charge in [0.25, 0.3) is 0 Å². The Balaban J connectivity index is 1.97. The number of para-hydroxylation sites is 1. The van der Waals surface area contributed by atoms with Crippen molar-refractivity contribution in [1.29, 1.82) is 0 Å². The molecule has 2 aromatic carbocycles. The van der Waals surface area contributed by atoms with E-state index in [1.165, 1.54) is 0 Å². The fourth-order valence-corrected chi connectivity index (χ4v) is 2.78. The third-order valence-electron chi connectivity index (χ3n) is 3.36. The van der Waals surface area contributed by atoms with Gasteiger partial charge in [-0.05, 0) is 44.2 Å². The number of aliphatic imine (C=N–C) groups is 1. The van der Waals surface area contributed by atoms with Crippen LogP contribution < -0.4 is 4.74 Å². The Morgan fingerprint density at radius 1 is 1.16 bits per heavy atom. The molecule has 1 aliphatic rings. The summed E-state index contributed by atoms with van der Waals surface area (Å²) in [6.45, 7) is 3.87. The molecule has 2 aromatic rings. The van der Waals surface area contributed by atoms with Gasteiger partial charge in [0.1, 0.15) is 5.75 Å². The van der Waals surface area contributed by atoms with Crippen molar-refractivity contribution in [3.63, 3.8) is 0 Å². The van der Waals surface area contributed by atoms with Gasteiger partial charge in [-0.25, -0.2) is 9.79 Å². The minimum absolute atomic E-state index is 0.0158. The SMILES string of the molecule is CC(C)Oc1ccccc1/C=C1\N=C(c2ccc(Cl)cc2Cl)OC1=O. The van der Waals surface area contributed by atoms with Crippen molar-refractivity contribution in [1.82, 2.24) is 0 Å². The van der Waals surface area contributed by atoms with Gasteiger partial charge >= 0.3 is 5.97 Å². The van der Waals surface area contributed by atoms with Gasteiger partial charge in [-0.1, -0.05) is 41.4 Å². The Kier molecular flexibility index (Phi) is 5.11. The quantitative estimate of drug-likeness (QED) is 0.549. The minimum Gasteiger partial charge on any atom is -0.490 e. The predicted molar refractivity (Wildman–Crippen MR) is 99.3 cm³/mol. The van der Waals surface area contributed by atoms with E-state index in [9.17, 15) is 4.79 Å². The van der Waals surface area contributed by atoms with E-state index in [-0.39, 0.29) is 17.7 Å². The van der Waals surface area contributed by atoms with Gasteiger partial charge in [0, 0.05) is 10.6 Å². The van der Waals surface area contributed by atoms with Crippen LogP contribution in [0.15, 0.2) is 53.2 Å². The summed E-state index contributed by atoms with van der Waals surface area (Å²) in [7, 11) is 0. The summed E-state index contributed by atoms with van der Waals surface area (Å²) < 4.78 is 11.0. The first-order valence-electron chi connectivity index (χ1n) is 7.67. The standard InChI is InChI=1S/C19H15Cl2NO3/c1-11(2)24-17-6-4-3-5-12(17)9-16-19(23)25-18(22-16)14-8-7-13(20)10-15(14)21/h3-11H,1-2H3/b16-9-. The van der Waals surface area contributed by atoms with Gasteiger partial charge in [-0.2, -0.15) is 0 Å². The molecule has 0 amide bonds. The van der Waals surface area contributed by atoms with Crippen LogP contribution in [0.1, 0.15) is 25.0 Å². The number of ether oxygens (including phenoxy) is 2. The highest BCUT2D eigenvalue weighted by Gasteiger charge is 2.26. The Labute approximate surface area is 155 Å². The second-order valence-electron chi connectivity index (χ2n) is 5.66. The summed E-state index contributed by atoms with van der Waals surface area (Å²) in [5, 5.41) is 0.859. The van der Waals surface area contributed by atoms with E-state index in [1.807, 2.05) is 38.1 Å². The molecule has 0 unspecified atom stereocenters. The molecule has 3 rings (SSSR count). The second-order valence-corrected chi connectivity index (χ2v) is 6.51. The maximum atomic E-state index is 12.2. The number of benzene rings is 2. The lowest BCUT2D eigenvalue weighted by molar-refractivity contribution is -0.129. The molecule has 0 atom stereocenters. The molecule has 0 spiro atoms. The van der Waals surface area contributed by atoms with Gasteiger partial charge in [0.2, 0.25) is 5.90 Å². The van der Waals surface area contributed by atoms with Gasteiger partial charge in [0.05, 0.1) is 16.7 Å². The largest absolute Gasteiger partial charge is 0.490 e. The molecule has 128 valence electrons. The number of rotatable bonds is 4. The number of halogens is 2. The molecule has 0 fully saturated rings. The Morgan fingerprint density at radius 2 is 1.92 bits per heavy atom. The molecule has 0 aliphatic carbocycles. The zero-order valence-electron chi connectivity index (χ0n) is 13.6. The first-order chi connectivity index (χ1) is 11.9. The van der Waals surface area contributed by atoms with Gasteiger partial charge in [0.15, 0.2) is 5.70 Å². The molecule has 1 aliphatic heterocycles. The number of hydrogen-bond donors (Lipinski definition) is 0. The highest BCUT2D eigenvalue weighted by Crippen LogP contribution is 2.28. The van der Waals surface area contributed by atoms with Gasteiger partial charge in [-0.3, -0.25) is 0 Å². The molecule has 4 nitrogen and oxygen atoms in total. The molecular weight excluding hydrogens is 361 g/mol. The summed E-state index contributed by atoms with van der Waals surface area (Å²) in [6.07, 6.45) is 1.65. The lowest BCUT2D eigenvalue weighted by Crippen LogP contribution is -2.07. The van der Waals surface area contributed by atoms with Crippen LogP contribution in [0.3, 0.4) is 0 Å². The summed E-state index contributed by atoms with van der Waals surface area (Å²) in [6, 6.07) is 12.3. The number of nitrogens with zero attached hydrogens (tertiary/aromatic N) is 1. The van der Waals surface area contributed by atoms with E-state index in [2.05, 4.69) is 4.99 Å².